The normalized spacial score (nSPS) is 15.1. The Morgan fingerprint density at radius 3 is 1.83 bits per heavy atom. The van der Waals surface area contributed by atoms with Crippen molar-refractivity contribution >= 4 is 24.2 Å². The van der Waals surface area contributed by atoms with Crippen LogP contribution >= 0.6 is 0 Å². The van der Waals surface area contributed by atoms with Crippen molar-refractivity contribution in [2.24, 2.45) is 5.73 Å². The standard InChI is InChI=1S/C24H35NO10/c1-7-13(3)32-23(29)34-19-10-9-17(12-20(19)35-24(30)33-14(4)8-2)18(21(25)22(27)28)11-15(5)31-16(6)26/h9-10,12-15,18,21H,7-8,11,25H2,1-6H3,(H,27,28)/t13?,14?,15?,18?,21-/m0/s1. The zero-order chi connectivity index (χ0) is 26.7. The van der Waals surface area contributed by atoms with E-state index in [0.29, 0.717) is 18.4 Å². The van der Waals surface area contributed by atoms with Gasteiger partial charge in [-0.3, -0.25) is 9.59 Å². The van der Waals surface area contributed by atoms with E-state index < -0.39 is 54.5 Å². The van der Waals surface area contributed by atoms with Crippen LogP contribution in [0.15, 0.2) is 18.2 Å². The second kappa shape index (κ2) is 14.1. The highest BCUT2D eigenvalue weighted by Crippen LogP contribution is 2.35. The van der Waals surface area contributed by atoms with E-state index in [9.17, 15) is 24.3 Å². The van der Waals surface area contributed by atoms with Crippen molar-refractivity contribution in [2.45, 2.75) is 91.1 Å². The zero-order valence-corrected chi connectivity index (χ0v) is 20.9. The predicted molar refractivity (Wildman–Crippen MR) is 124 cm³/mol. The van der Waals surface area contributed by atoms with Gasteiger partial charge in [-0.2, -0.15) is 0 Å². The third-order valence-electron chi connectivity index (χ3n) is 5.20. The first-order valence-electron chi connectivity index (χ1n) is 11.4. The molecule has 0 aliphatic rings. The maximum atomic E-state index is 12.3. The summed E-state index contributed by atoms with van der Waals surface area (Å²) in [5.41, 5.74) is 6.27. The number of hydrogen-bond donors (Lipinski definition) is 2. The Hall–Kier alpha value is -3.34. The Labute approximate surface area is 204 Å². The molecular weight excluding hydrogens is 462 g/mol. The number of carbonyl (C=O) groups is 4. The topological polar surface area (TPSA) is 161 Å². The monoisotopic (exact) mass is 497 g/mol. The lowest BCUT2D eigenvalue weighted by Crippen LogP contribution is -2.38. The first-order valence-corrected chi connectivity index (χ1v) is 11.4. The molecule has 196 valence electrons. The van der Waals surface area contributed by atoms with Crippen LogP contribution in [0.4, 0.5) is 9.59 Å². The van der Waals surface area contributed by atoms with E-state index in [0.717, 1.165) is 0 Å². The van der Waals surface area contributed by atoms with Crippen LogP contribution in [0.25, 0.3) is 0 Å². The highest BCUT2D eigenvalue weighted by atomic mass is 16.7. The van der Waals surface area contributed by atoms with Gasteiger partial charge in [0.15, 0.2) is 11.5 Å². The summed E-state index contributed by atoms with van der Waals surface area (Å²) in [6.45, 7) is 9.85. The molecule has 35 heavy (non-hydrogen) atoms. The van der Waals surface area contributed by atoms with Gasteiger partial charge >= 0.3 is 24.2 Å². The fourth-order valence-corrected chi connectivity index (χ4v) is 2.99. The lowest BCUT2D eigenvalue weighted by atomic mass is 9.87. The summed E-state index contributed by atoms with van der Waals surface area (Å²) in [5.74, 6) is -2.98. The predicted octanol–water partition coefficient (Wildman–Crippen LogP) is 4.15. The molecule has 0 aromatic heterocycles. The lowest BCUT2D eigenvalue weighted by molar-refractivity contribution is -0.146. The van der Waals surface area contributed by atoms with Gasteiger partial charge in [0.2, 0.25) is 0 Å². The minimum absolute atomic E-state index is 0.0695. The number of ether oxygens (including phenoxy) is 5. The molecule has 0 aliphatic carbocycles. The third kappa shape index (κ3) is 10.2. The molecule has 0 saturated heterocycles. The van der Waals surface area contributed by atoms with Gasteiger partial charge in [0.25, 0.3) is 0 Å². The summed E-state index contributed by atoms with van der Waals surface area (Å²) in [4.78, 5) is 47.4. The minimum atomic E-state index is -1.37. The summed E-state index contributed by atoms with van der Waals surface area (Å²) in [6.07, 6.45) is -2.34. The first kappa shape index (κ1) is 29.7. The van der Waals surface area contributed by atoms with Crippen molar-refractivity contribution in [3.63, 3.8) is 0 Å². The Balaban J connectivity index is 3.36. The Morgan fingerprint density at radius 1 is 0.857 bits per heavy atom. The molecule has 0 radical (unpaired) electrons. The van der Waals surface area contributed by atoms with Crippen LogP contribution in [-0.4, -0.2) is 53.7 Å². The number of benzene rings is 1. The maximum absolute atomic E-state index is 12.3. The second-order valence-electron chi connectivity index (χ2n) is 8.21. The summed E-state index contributed by atoms with van der Waals surface area (Å²) >= 11 is 0. The van der Waals surface area contributed by atoms with E-state index >= 15 is 0 Å². The molecule has 1 aromatic carbocycles. The summed E-state index contributed by atoms with van der Waals surface area (Å²) in [5, 5.41) is 9.51. The molecule has 4 unspecified atom stereocenters. The van der Waals surface area contributed by atoms with Gasteiger partial charge in [0.1, 0.15) is 18.2 Å². The SMILES string of the molecule is CCC(C)OC(=O)Oc1ccc(C(CC(C)OC(C)=O)[C@H](N)C(=O)O)cc1OC(=O)OC(C)CC. The van der Waals surface area contributed by atoms with Crippen molar-refractivity contribution in [3.8, 4) is 11.5 Å². The van der Waals surface area contributed by atoms with Gasteiger partial charge in [-0.05, 0) is 57.7 Å². The zero-order valence-electron chi connectivity index (χ0n) is 20.9. The number of rotatable bonds is 12. The van der Waals surface area contributed by atoms with Crippen molar-refractivity contribution < 1.29 is 48.0 Å². The molecule has 0 fully saturated rings. The van der Waals surface area contributed by atoms with Crippen LogP contribution in [0.5, 0.6) is 11.5 Å². The molecule has 5 atom stereocenters. The Kier molecular flexibility index (Phi) is 12.0. The van der Waals surface area contributed by atoms with Gasteiger partial charge in [-0.1, -0.05) is 19.9 Å². The number of carboxylic acid groups (broad SMARTS) is 1. The van der Waals surface area contributed by atoms with Crippen molar-refractivity contribution in [3.05, 3.63) is 23.8 Å². The number of hydrogen-bond acceptors (Lipinski definition) is 10. The molecule has 11 nitrogen and oxygen atoms in total. The van der Waals surface area contributed by atoms with Gasteiger partial charge in [0, 0.05) is 12.8 Å². The summed E-state index contributed by atoms with van der Waals surface area (Å²) in [7, 11) is 0. The van der Waals surface area contributed by atoms with Crippen molar-refractivity contribution in [1.82, 2.24) is 0 Å². The highest BCUT2D eigenvalue weighted by Gasteiger charge is 2.30. The third-order valence-corrected chi connectivity index (χ3v) is 5.20. The van der Waals surface area contributed by atoms with Crippen LogP contribution in [0.2, 0.25) is 0 Å². The summed E-state index contributed by atoms with van der Waals surface area (Å²) in [6, 6.07) is 2.77. The molecular formula is C24H35NO10. The van der Waals surface area contributed by atoms with Crippen LogP contribution in [0, 0.1) is 0 Å². The average Bonchev–Trinajstić information content (AvgIpc) is 2.77. The smallest absolute Gasteiger partial charge is 0.480 e. The van der Waals surface area contributed by atoms with Crippen molar-refractivity contribution in [1.29, 1.82) is 0 Å². The molecule has 0 amide bonds. The van der Waals surface area contributed by atoms with Gasteiger partial charge < -0.3 is 34.5 Å². The molecule has 1 rings (SSSR count). The largest absolute Gasteiger partial charge is 0.514 e. The van der Waals surface area contributed by atoms with E-state index in [1.54, 1.807) is 20.8 Å². The van der Waals surface area contributed by atoms with Crippen molar-refractivity contribution in [2.75, 3.05) is 0 Å². The second-order valence-corrected chi connectivity index (χ2v) is 8.21. The number of esters is 1. The molecule has 0 spiro atoms. The van der Waals surface area contributed by atoms with Gasteiger partial charge in [0.05, 0.1) is 6.10 Å². The minimum Gasteiger partial charge on any atom is -0.480 e. The fraction of sp³-hybridized carbons (Fsp3) is 0.583. The number of nitrogens with two attached hydrogens (primary N) is 1. The van der Waals surface area contributed by atoms with Gasteiger partial charge in [-0.15, -0.1) is 0 Å². The lowest BCUT2D eigenvalue weighted by Gasteiger charge is -2.25. The van der Waals surface area contributed by atoms with Crippen LogP contribution in [-0.2, 0) is 23.8 Å². The molecule has 0 heterocycles. The number of aliphatic carboxylic acids is 1. The highest BCUT2D eigenvalue weighted by molar-refractivity contribution is 5.75. The van der Waals surface area contributed by atoms with E-state index in [4.69, 9.17) is 29.4 Å². The quantitative estimate of drug-likeness (QED) is 0.242. The van der Waals surface area contributed by atoms with Crippen LogP contribution < -0.4 is 15.2 Å². The molecule has 0 bridgehead atoms. The van der Waals surface area contributed by atoms with E-state index in [1.165, 1.54) is 25.1 Å². The fourth-order valence-electron chi connectivity index (χ4n) is 2.99. The average molecular weight is 498 g/mol. The Bertz CT molecular complexity index is 887. The van der Waals surface area contributed by atoms with E-state index in [-0.39, 0.29) is 17.9 Å². The molecule has 0 saturated carbocycles. The number of carboxylic acids is 1. The van der Waals surface area contributed by atoms with Crippen LogP contribution in [0.3, 0.4) is 0 Å². The number of carbonyl (C=O) groups excluding carboxylic acids is 3. The Morgan fingerprint density at radius 2 is 1.37 bits per heavy atom. The molecule has 11 heteroatoms. The van der Waals surface area contributed by atoms with E-state index in [1.807, 2.05) is 13.8 Å². The molecule has 1 aromatic rings. The summed E-state index contributed by atoms with van der Waals surface area (Å²) < 4.78 is 25.9. The van der Waals surface area contributed by atoms with E-state index in [2.05, 4.69) is 0 Å². The van der Waals surface area contributed by atoms with Crippen LogP contribution in [0.1, 0.15) is 72.3 Å². The molecule has 0 aliphatic heterocycles. The maximum Gasteiger partial charge on any atom is 0.514 e. The molecule has 3 N–H and O–H groups in total. The van der Waals surface area contributed by atoms with Gasteiger partial charge in [-0.25, -0.2) is 9.59 Å². The first-order chi connectivity index (χ1) is 16.4.